The van der Waals surface area contributed by atoms with Crippen molar-refractivity contribution in [3.63, 3.8) is 0 Å². The number of nitrogens with one attached hydrogen (secondary N) is 1. The molecule has 0 heterocycles. The second-order valence-corrected chi connectivity index (χ2v) is 9.30. The van der Waals surface area contributed by atoms with Crippen molar-refractivity contribution in [1.82, 2.24) is 5.32 Å². The molecule has 2 N–H and O–H groups in total. The van der Waals surface area contributed by atoms with E-state index in [9.17, 15) is 14.0 Å². The summed E-state index contributed by atoms with van der Waals surface area (Å²) < 4.78 is 20.9. The third-order valence-electron chi connectivity index (χ3n) is 7.61. The Morgan fingerprint density at radius 1 is 1.31 bits per heavy atom. The van der Waals surface area contributed by atoms with Crippen molar-refractivity contribution < 1.29 is 23.8 Å². The monoisotopic (exact) mass is 397 g/mol. The van der Waals surface area contributed by atoms with Gasteiger partial charge in [-0.25, -0.2) is 9.18 Å². The summed E-state index contributed by atoms with van der Waals surface area (Å²) in [5.74, 6) is 2.31. The molecule has 5 aliphatic carbocycles. The molecule has 4 bridgehead atoms. The molecule has 5 nitrogen and oxygen atoms in total. The molecule has 1 aromatic carbocycles. The number of halogens is 1. The van der Waals surface area contributed by atoms with Crippen LogP contribution in [0.5, 0.6) is 5.75 Å². The molecule has 6 heteroatoms. The summed E-state index contributed by atoms with van der Waals surface area (Å²) >= 11 is 0. The number of terminal acetylenes is 1. The van der Waals surface area contributed by atoms with Gasteiger partial charge in [-0.2, -0.15) is 0 Å². The number of carbonyl (C=O) groups is 2. The number of carbonyl (C=O) groups excluding carboxylic acids is 1. The number of hydrogen-bond donors (Lipinski definition) is 2. The summed E-state index contributed by atoms with van der Waals surface area (Å²) in [4.78, 5) is 23.5. The van der Waals surface area contributed by atoms with Crippen molar-refractivity contribution in [2.24, 2.45) is 23.2 Å². The number of aliphatic carboxylic acids is 1. The number of hydrogen-bond acceptors (Lipinski definition) is 3. The first-order valence-electron chi connectivity index (χ1n) is 10.4. The maximum absolute atomic E-state index is 14.8. The van der Waals surface area contributed by atoms with E-state index in [0.717, 1.165) is 36.2 Å². The van der Waals surface area contributed by atoms with Gasteiger partial charge in [0, 0.05) is 11.5 Å². The Bertz CT molecular complexity index is 918. The molecule has 0 radical (unpaired) electrons. The summed E-state index contributed by atoms with van der Waals surface area (Å²) in [5.41, 5.74) is 0.896. The molecule has 2 unspecified atom stereocenters. The minimum absolute atomic E-state index is 0.192. The lowest BCUT2D eigenvalue weighted by atomic mass is 9.82. The lowest BCUT2D eigenvalue weighted by Gasteiger charge is -2.29. The summed E-state index contributed by atoms with van der Waals surface area (Å²) in [5, 5.41) is 11.2. The molecular formula is C23H24FNO4. The molecule has 1 aromatic rings. The molecule has 152 valence electrons. The van der Waals surface area contributed by atoms with Crippen molar-refractivity contribution in [1.29, 1.82) is 0 Å². The van der Waals surface area contributed by atoms with Crippen LogP contribution in [0.25, 0.3) is 0 Å². The molecular weight excluding hydrogens is 373 g/mol. The van der Waals surface area contributed by atoms with Gasteiger partial charge in [-0.15, -0.1) is 6.42 Å². The summed E-state index contributed by atoms with van der Waals surface area (Å²) in [6.07, 6.45) is 12.2. The number of benzene rings is 1. The van der Waals surface area contributed by atoms with Gasteiger partial charge in [0.05, 0.1) is 12.2 Å². The lowest BCUT2D eigenvalue weighted by molar-refractivity contribution is -0.137. The molecule has 0 saturated heterocycles. The van der Waals surface area contributed by atoms with Crippen molar-refractivity contribution in [2.45, 2.75) is 50.5 Å². The smallest absolute Gasteiger partial charge is 0.338 e. The molecule has 1 amide bonds. The van der Waals surface area contributed by atoms with Crippen LogP contribution in [0.4, 0.5) is 4.39 Å². The molecule has 5 saturated carbocycles. The topological polar surface area (TPSA) is 75.6 Å². The predicted octanol–water partition coefficient (Wildman–Crippen LogP) is 3.33. The van der Waals surface area contributed by atoms with Gasteiger partial charge in [-0.05, 0) is 73.8 Å². The van der Waals surface area contributed by atoms with E-state index in [-0.39, 0.29) is 16.9 Å². The quantitative estimate of drug-likeness (QED) is 0.692. The van der Waals surface area contributed by atoms with Gasteiger partial charge in [-0.1, -0.05) is 5.92 Å². The second-order valence-electron chi connectivity index (χ2n) is 9.30. The van der Waals surface area contributed by atoms with Crippen LogP contribution in [-0.2, 0) is 4.79 Å². The van der Waals surface area contributed by atoms with Crippen molar-refractivity contribution >= 4 is 11.9 Å². The van der Waals surface area contributed by atoms with E-state index in [2.05, 4.69) is 5.32 Å². The van der Waals surface area contributed by atoms with E-state index >= 15 is 0 Å². The molecule has 5 fully saturated rings. The van der Waals surface area contributed by atoms with Crippen LogP contribution in [0.15, 0.2) is 12.1 Å². The third kappa shape index (κ3) is 2.99. The molecule has 5 aliphatic rings. The SMILES string of the molecule is C#C[C@H](NC(=O)c1cc(C2CC2)c(OCC23CC4CC2CC4C3)cc1F)C(=O)O. The van der Waals surface area contributed by atoms with Crippen LogP contribution in [0.3, 0.4) is 0 Å². The van der Waals surface area contributed by atoms with Crippen molar-refractivity contribution in [3.8, 4) is 18.1 Å². The van der Waals surface area contributed by atoms with Gasteiger partial charge in [0.1, 0.15) is 11.6 Å². The van der Waals surface area contributed by atoms with E-state index in [4.69, 9.17) is 16.3 Å². The van der Waals surface area contributed by atoms with Crippen LogP contribution in [0, 0.1) is 41.3 Å². The van der Waals surface area contributed by atoms with Crippen LogP contribution in [0.2, 0.25) is 0 Å². The third-order valence-corrected chi connectivity index (χ3v) is 7.61. The maximum Gasteiger partial charge on any atom is 0.338 e. The molecule has 0 aliphatic heterocycles. The standard InChI is InChI=1S/C23H24FNO4/c1-2-19(22(27)28)25-21(26)17-7-16(12-3-4-12)20(8-18(17)24)29-11-23-9-13-5-15(23)6-14(13)10-23/h1,7-8,12-15,19H,3-6,9-11H2,(H,25,26)(H,27,28)/t13?,14?,15?,19-,23?/m0/s1. The van der Waals surface area contributed by atoms with Gasteiger partial charge >= 0.3 is 5.97 Å². The first-order chi connectivity index (χ1) is 13.9. The summed E-state index contributed by atoms with van der Waals surface area (Å²) in [6.45, 7) is 0.619. The van der Waals surface area contributed by atoms with Gasteiger partial charge in [-0.3, -0.25) is 4.79 Å². The zero-order chi connectivity index (χ0) is 20.3. The highest BCUT2D eigenvalue weighted by molar-refractivity contribution is 5.98. The Morgan fingerprint density at radius 2 is 2.00 bits per heavy atom. The summed E-state index contributed by atoms with van der Waals surface area (Å²) in [6, 6.07) is 1.30. The fourth-order valence-corrected chi connectivity index (χ4v) is 6.10. The van der Waals surface area contributed by atoms with E-state index in [1.54, 1.807) is 0 Å². The predicted molar refractivity (Wildman–Crippen MR) is 103 cm³/mol. The number of ether oxygens (including phenoxy) is 1. The molecule has 6 rings (SSSR count). The Balaban J connectivity index is 1.36. The summed E-state index contributed by atoms with van der Waals surface area (Å²) in [7, 11) is 0. The van der Waals surface area contributed by atoms with Crippen LogP contribution in [-0.4, -0.2) is 29.6 Å². The van der Waals surface area contributed by atoms with E-state index in [1.807, 2.05) is 5.92 Å². The van der Waals surface area contributed by atoms with Gasteiger partial charge < -0.3 is 15.2 Å². The average molecular weight is 397 g/mol. The highest BCUT2D eigenvalue weighted by Crippen LogP contribution is 2.70. The minimum atomic E-state index is -1.49. The second kappa shape index (κ2) is 6.48. The lowest BCUT2D eigenvalue weighted by Crippen LogP contribution is -2.40. The molecule has 0 spiro atoms. The number of amides is 1. The fraction of sp³-hybridized carbons (Fsp3) is 0.565. The first kappa shape index (κ1) is 18.5. The molecule has 3 atom stereocenters. The normalized spacial score (nSPS) is 32.2. The van der Waals surface area contributed by atoms with E-state index < -0.39 is 23.7 Å². The highest BCUT2D eigenvalue weighted by atomic mass is 19.1. The first-order valence-corrected chi connectivity index (χ1v) is 10.4. The zero-order valence-electron chi connectivity index (χ0n) is 16.1. The Morgan fingerprint density at radius 3 is 2.52 bits per heavy atom. The minimum Gasteiger partial charge on any atom is -0.493 e. The number of carboxylic acids is 1. The van der Waals surface area contributed by atoms with Crippen LogP contribution < -0.4 is 10.1 Å². The highest BCUT2D eigenvalue weighted by Gasteiger charge is 2.63. The molecule has 29 heavy (non-hydrogen) atoms. The number of carboxylic acid groups (broad SMARTS) is 1. The van der Waals surface area contributed by atoms with Crippen LogP contribution >= 0.6 is 0 Å². The van der Waals surface area contributed by atoms with Gasteiger partial charge in [0.2, 0.25) is 0 Å². The Hall–Kier alpha value is -2.55. The molecule has 0 aromatic heterocycles. The fourth-order valence-electron chi connectivity index (χ4n) is 6.10. The van der Waals surface area contributed by atoms with Gasteiger partial charge in [0.15, 0.2) is 6.04 Å². The van der Waals surface area contributed by atoms with Crippen molar-refractivity contribution in [2.75, 3.05) is 6.61 Å². The van der Waals surface area contributed by atoms with Crippen molar-refractivity contribution in [3.05, 3.63) is 29.1 Å². The largest absolute Gasteiger partial charge is 0.493 e. The van der Waals surface area contributed by atoms with E-state index in [1.165, 1.54) is 37.8 Å². The Labute approximate surface area is 169 Å². The van der Waals surface area contributed by atoms with Gasteiger partial charge in [0.25, 0.3) is 5.91 Å². The Kier molecular flexibility index (Phi) is 4.13. The van der Waals surface area contributed by atoms with E-state index in [0.29, 0.717) is 12.4 Å². The number of rotatable bonds is 7. The zero-order valence-corrected chi connectivity index (χ0v) is 16.1. The average Bonchev–Trinajstić information content (AvgIpc) is 3.09. The van der Waals surface area contributed by atoms with Crippen LogP contribution in [0.1, 0.15) is 60.4 Å². The maximum atomic E-state index is 14.8.